The van der Waals surface area contributed by atoms with E-state index in [0.717, 1.165) is 18.2 Å². The molecule has 0 unspecified atom stereocenters. The van der Waals surface area contributed by atoms with E-state index >= 15 is 0 Å². The fourth-order valence-corrected chi connectivity index (χ4v) is 2.40. The van der Waals surface area contributed by atoms with E-state index in [1.54, 1.807) is 19.2 Å². The minimum Gasteiger partial charge on any atom is -0.465 e. The van der Waals surface area contributed by atoms with E-state index in [1.165, 1.54) is 38.3 Å². The number of hydrogen-bond acceptors (Lipinski definition) is 6. The van der Waals surface area contributed by atoms with Crippen molar-refractivity contribution >= 4 is 23.6 Å². The molecule has 144 valence electrons. The SMILES string of the molecule is COC(=O)c1cc(F)ccc1N=C(C=C(C)N)CC(C=NCC1CC1)=CN. The first kappa shape index (κ1) is 20.4. The highest BCUT2D eigenvalue weighted by atomic mass is 19.1. The van der Waals surface area contributed by atoms with Crippen molar-refractivity contribution in [2.24, 2.45) is 27.4 Å². The number of halogens is 1. The van der Waals surface area contributed by atoms with E-state index < -0.39 is 11.8 Å². The lowest BCUT2D eigenvalue weighted by atomic mass is 10.1. The van der Waals surface area contributed by atoms with Crippen molar-refractivity contribution in [2.75, 3.05) is 13.7 Å². The summed E-state index contributed by atoms with van der Waals surface area (Å²) in [6.07, 6.45) is 7.71. The highest BCUT2D eigenvalue weighted by Gasteiger charge is 2.20. The second-order valence-corrected chi connectivity index (χ2v) is 6.50. The summed E-state index contributed by atoms with van der Waals surface area (Å²) in [6, 6.07) is 3.76. The van der Waals surface area contributed by atoms with Gasteiger partial charge in [-0.3, -0.25) is 9.98 Å². The number of aliphatic imine (C=N–C) groups is 2. The molecule has 1 aromatic carbocycles. The van der Waals surface area contributed by atoms with Crippen LogP contribution in [0.15, 0.2) is 51.7 Å². The van der Waals surface area contributed by atoms with E-state index in [4.69, 9.17) is 16.2 Å². The third-order valence-electron chi connectivity index (χ3n) is 3.94. The number of carbonyl (C=O) groups excluding carboxylic acids is 1. The Labute approximate surface area is 158 Å². The van der Waals surface area contributed by atoms with Crippen molar-refractivity contribution in [2.45, 2.75) is 26.2 Å². The molecule has 1 fully saturated rings. The van der Waals surface area contributed by atoms with Crippen LogP contribution >= 0.6 is 0 Å². The summed E-state index contributed by atoms with van der Waals surface area (Å²) in [4.78, 5) is 20.8. The Morgan fingerprint density at radius 2 is 2.15 bits per heavy atom. The summed E-state index contributed by atoms with van der Waals surface area (Å²) in [7, 11) is 1.23. The van der Waals surface area contributed by atoms with Gasteiger partial charge in [0.05, 0.1) is 18.4 Å². The Kier molecular flexibility index (Phi) is 7.28. The first-order valence-electron chi connectivity index (χ1n) is 8.72. The maximum absolute atomic E-state index is 13.5. The largest absolute Gasteiger partial charge is 0.465 e. The van der Waals surface area contributed by atoms with Gasteiger partial charge >= 0.3 is 5.97 Å². The molecule has 0 aromatic heterocycles. The van der Waals surface area contributed by atoms with Crippen molar-refractivity contribution in [1.29, 1.82) is 0 Å². The van der Waals surface area contributed by atoms with Gasteiger partial charge in [0.15, 0.2) is 0 Å². The molecular formula is C20H25FN4O2. The topological polar surface area (TPSA) is 103 Å². The fourth-order valence-electron chi connectivity index (χ4n) is 2.40. The number of methoxy groups -OCH3 is 1. The molecule has 2 rings (SSSR count). The molecule has 4 N–H and O–H groups in total. The third-order valence-corrected chi connectivity index (χ3v) is 3.94. The van der Waals surface area contributed by atoms with Gasteiger partial charge in [-0.05, 0) is 61.7 Å². The molecule has 27 heavy (non-hydrogen) atoms. The van der Waals surface area contributed by atoms with Crippen molar-refractivity contribution < 1.29 is 13.9 Å². The normalized spacial score (nSPS) is 16.0. The molecule has 0 saturated heterocycles. The first-order valence-corrected chi connectivity index (χ1v) is 8.72. The number of rotatable bonds is 8. The zero-order valence-electron chi connectivity index (χ0n) is 15.6. The van der Waals surface area contributed by atoms with Crippen LogP contribution in [0.2, 0.25) is 0 Å². The summed E-state index contributed by atoms with van der Waals surface area (Å²) in [5.74, 6) is -0.528. The molecule has 1 saturated carbocycles. The monoisotopic (exact) mass is 372 g/mol. The van der Waals surface area contributed by atoms with Crippen LogP contribution in [0.25, 0.3) is 0 Å². The maximum Gasteiger partial charge on any atom is 0.340 e. The minimum atomic E-state index is -0.665. The first-order chi connectivity index (χ1) is 12.9. The highest BCUT2D eigenvalue weighted by molar-refractivity contribution is 6.04. The Morgan fingerprint density at radius 3 is 2.74 bits per heavy atom. The molecule has 0 spiro atoms. The van der Waals surface area contributed by atoms with Gasteiger partial charge in [0, 0.05) is 30.6 Å². The van der Waals surface area contributed by atoms with Crippen molar-refractivity contribution in [3.8, 4) is 0 Å². The number of allylic oxidation sites excluding steroid dienone is 3. The number of hydrogen-bond donors (Lipinski definition) is 2. The van der Waals surface area contributed by atoms with Crippen LogP contribution in [0.4, 0.5) is 10.1 Å². The minimum absolute atomic E-state index is 0.0405. The molecular weight excluding hydrogens is 347 g/mol. The van der Waals surface area contributed by atoms with Gasteiger partial charge in [-0.1, -0.05) is 0 Å². The molecule has 0 heterocycles. The van der Waals surface area contributed by atoms with Gasteiger partial charge in [0.2, 0.25) is 0 Å². The van der Waals surface area contributed by atoms with E-state index in [1.807, 2.05) is 0 Å². The fraction of sp³-hybridized carbons (Fsp3) is 0.350. The third kappa shape index (κ3) is 6.69. The van der Waals surface area contributed by atoms with Crippen LogP contribution < -0.4 is 11.5 Å². The van der Waals surface area contributed by atoms with Gasteiger partial charge in [-0.2, -0.15) is 0 Å². The molecule has 0 amide bonds. The predicted octanol–water partition coefficient (Wildman–Crippen LogP) is 3.26. The van der Waals surface area contributed by atoms with Gasteiger partial charge in [0.1, 0.15) is 5.82 Å². The molecule has 1 aliphatic carbocycles. The summed E-state index contributed by atoms with van der Waals surface area (Å²) in [6.45, 7) is 2.52. The average molecular weight is 372 g/mol. The molecule has 0 radical (unpaired) electrons. The lowest BCUT2D eigenvalue weighted by molar-refractivity contribution is 0.0601. The van der Waals surface area contributed by atoms with Gasteiger partial charge < -0.3 is 16.2 Å². The molecule has 0 bridgehead atoms. The summed E-state index contributed by atoms with van der Waals surface area (Å²) >= 11 is 0. The molecule has 1 aromatic rings. The van der Waals surface area contributed by atoms with Gasteiger partial charge in [0.25, 0.3) is 0 Å². The summed E-state index contributed by atoms with van der Waals surface area (Å²) in [5.41, 5.74) is 13.7. The van der Waals surface area contributed by atoms with Crippen LogP contribution in [-0.2, 0) is 4.74 Å². The van der Waals surface area contributed by atoms with E-state index in [0.29, 0.717) is 29.4 Å². The van der Waals surface area contributed by atoms with E-state index in [-0.39, 0.29) is 5.56 Å². The number of nitrogens with two attached hydrogens (primary N) is 2. The Morgan fingerprint density at radius 1 is 1.41 bits per heavy atom. The van der Waals surface area contributed by atoms with Crippen molar-refractivity contribution in [3.05, 3.63) is 53.1 Å². The number of nitrogens with zero attached hydrogens (tertiary/aromatic N) is 2. The average Bonchev–Trinajstić information content (AvgIpc) is 3.45. The van der Waals surface area contributed by atoms with E-state index in [9.17, 15) is 9.18 Å². The lowest BCUT2D eigenvalue weighted by Crippen LogP contribution is -2.06. The summed E-state index contributed by atoms with van der Waals surface area (Å²) < 4.78 is 18.2. The lowest BCUT2D eigenvalue weighted by Gasteiger charge is -2.08. The van der Waals surface area contributed by atoms with Crippen LogP contribution in [-0.4, -0.2) is 31.6 Å². The second kappa shape index (κ2) is 9.66. The smallest absolute Gasteiger partial charge is 0.340 e. The molecule has 6 nitrogen and oxygen atoms in total. The van der Waals surface area contributed by atoms with Crippen LogP contribution in [0.5, 0.6) is 0 Å². The zero-order chi connectivity index (χ0) is 19.8. The van der Waals surface area contributed by atoms with Crippen LogP contribution in [0.1, 0.15) is 36.5 Å². The molecule has 0 aliphatic heterocycles. The molecule has 1 aliphatic rings. The highest BCUT2D eigenvalue weighted by Crippen LogP contribution is 2.28. The van der Waals surface area contributed by atoms with Crippen LogP contribution in [0.3, 0.4) is 0 Å². The number of benzene rings is 1. The number of ether oxygens (including phenoxy) is 1. The maximum atomic E-state index is 13.5. The van der Waals surface area contributed by atoms with E-state index in [2.05, 4.69) is 9.98 Å². The summed E-state index contributed by atoms with van der Waals surface area (Å²) in [5, 5.41) is 0. The quantitative estimate of drug-likeness (QED) is 0.540. The van der Waals surface area contributed by atoms with Gasteiger partial charge in [-0.25, -0.2) is 9.18 Å². The zero-order valence-corrected chi connectivity index (χ0v) is 15.6. The standard InChI is InChI=1S/C20H25FN4O2/c1-13(23)7-17(8-15(10-22)12-24-11-14-3-4-14)25-19-6-5-16(21)9-18(19)20(26)27-2/h5-7,9-10,12,14H,3-4,8,11,22-23H2,1-2H3. The van der Waals surface area contributed by atoms with Crippen LogP contribution in [0, 0.1) is 11.7 Å². The Bertz CT molecular complexity index is 804. The predicted molar refractivity (Wildman–Crippen MR) is 106 cm³/mol. The number of carbonyl (C=O) groups is 1. The van der Waals surface area contributed by atoms with Crippen molar-refractivity contribution in [3.63, 3.8) is 0 Å². The second-order valence-electron chi connectivity index (χ2n) is 6.50. The molecule has 7 heteroatoms. The Balaban J connectivity index is 2.31. The Hall–Kier alpha value is -2.96. The number of esters is 1. The van der Waals surface area contributed by atoms with Crippen molar-refractivity contribution in [1.82, 2.24) is 0 Å². The molecule has 0 atom stereocenters. The van der Waals surface area contributed by atoms with Gasteiger partial charge in [-0.15, -0.1) is 0 Å².